The molecule has 6 nitrogen and oxygen atoms in total. The third-order valence-corrected chi connectivity index (χ3v) is 7.64. The van der Waals surface area contributed by atoms with Gasteiger partial charge in [0.25, 0.3) is 5.91 Å². The van der Waals surface area contributed by atoms with Crippen LogP contribution >= 0.6 is 0 Å². The van der Waals surface area contributed by atoms with Gasteiger partial charge >= 0.3 is 6.18 Å². The summed E-state index contributed by atoms with van der Waals surface area (Å²) in [5, 5.41) is 0. The Morgan fingerprint density at radius 1 is 1.25 bits per heavy atom. The van der Waals surface area contributed by atoms with Crippen molar-refractivity contribution in [2.75, 3.05) is 19.3 Å². The van der Waals surface area contributed by atoms with Crippen molar-refractivity contribution in [1.82, 2.24) is 9.21 Å². The Balaban J connectivity index is 1.74. The van der Waals surface area contributed by atoms with E-state index in [4.69, 9.17) is 5.73 Å². The molecule has 2 fully saturated rings. The number of likely N-dealkylation sites (tertiary alicyclic amines) is 1. The number of hydrogen-bond acceptors (Lipinski definition) is 5. The molecule has 2 aliphatic rings. The molecular weight excluding hydrogens is 443 g/mol. The normalized spacial score (nSPS) is 25.2. The van der Waals surface area contributed by atoms with Gasteiger partial charge in [0.15, 0.2) is 0 Å². The second-order valence-corrected chi connectivity index (χ2v) is 11.5. The van der Waals surface area contributed by atoms with E-state index in [1.54, 1.807) is 6.07 Å². The van der Waals surface area contributed by atoms with Crippen molar-refractivity contribution in [3.8, 4) is 0 Å². The zero-order valence-corrected chi connectivity index (χ0v) is 19.5. The highest BCUT2D eigenvalue weighted by atomic mass is 32.2. The van der Waals surface area contributed by atoms with Gasteiger partial charge in [0, 0.05) is 19.6 Å². The summed E-state index contributed by atoms with van der Waals surface area (Å²) in [4.78, 5) is 15.1. The molecule has 3 rings (SSSR count). The Bertz CT molecular complexity index is 936. The van der Waals surface area contributed by atoms with Crippen molar-refractivity contribution in [1.29, 1.82) is 0 Å². The molecule has 0 unspecified atom stereocenters. The van der Waals surface area contributed by atoms with E-state index in [-0.39, 0.29) is 17.8 Å². The summed E-state index contributed by atoms with van der Waals surface area (Å²) in [5.41, 5.74) is 5.92. The highest BCUT2D eigenvalue weighted by Crippen LogP contribution is 2.42. The Morgan fingerprint density at radius 2 is 1.94 bits per heavy atom. The summed E-state index contributed by atoms with van der Waals surface area (Å²) in [6.45, 7) is 5.40. The average Bonchev–Trinajstić information content (AvgIpc) is 3.21. The predicted octanol–water partition coefficient (Wildman–Crippen LogP) is 3.08. The van der Waals surface area contributed by atoms with Gasteiger partial charge in [-0.15, -0.1) is 0 Å². The van der Waals surface area contributed by atoms with E-state index >= 15 is 0 Å². The lowest BCUT2D eigenvalue weighted by molar-refractivity contribution is -0.137. The van der Waals surface area contributed by atoms with Crippen molar-refractivity contribution in [2.24, 2.45) is 23.5 Å². The lowest BCUT2D eigenvalue weighted by atomic mass is 9.97. The first-order valence-corrected chi connectivity index (χ1v) is 12.8. The van der Waals surface area contributed by atoms with Gasteiger partial charge in [-0.2, -0.15) is 13.2 Å². The molecular formula is C22H32F3N3O3S. The van der Waals surface area contributed by atoms with Gasteiger partial charge in [-0.05, 0) is 48.6 Å². The van der Waals surface area contributed by atoms with Gasteiger partial charge in [0.05, 0.1) is 23.9 Å². The number of benzene rings is 1. The molecule has 2 N–H and O–H groups in total. The minimum absolute atomic E-state index is 0.0503. The number of nitrogens with zero attached hydrogens (tertiary/aromatic N) is 2. The number of alkyl halides is 3. The predicted molar refractivity (Wildman–Crippen MR) is 116 cm³/mol. The van der Waals surface area contributed by atoms with Crippen molar-refractivity contribution in [3.05, 3.63) is 35.4 Å². The molecule has 0 spiro atoms. The van der Waals surface area contributed by atoms with E-state index in [0.29, 0.717) is 38.0 Å². The van der Waals surface area contributed by atoms with Gasteiger partial charge in [0.1, 0.15) is 0 Å². The Kier molecular flexibility index (Phi) is 7.26. The molecule has 1 heterocycles. The minimum Gasteiger partial charge on any atom is -0.320 e. The van der Waals surface area contributed by atoms with Crippen LogP contribution in [0.2, 0.25) is 0 Å². The van der Waals surface area contributed by atoms with Crippen LogP contribution in [0.5, 0.6) is 0 Å². The van der Waals surface area contributed by atoms with Crippen molar-refractivity contribution < 1.29 is 26.4 Å². The molecule has 1 aliphatic carbocycles. The van der Waals surface area contributed by atoms with Gasteiger partial charge in [-0.1, -0.05) is 32.0 Å². The highest BCUT2D eigenvalue weighted by molar-refractivity contribution is 7.88. The summed E-state index contributed by atoms with van der Waals surface area (Å²) in [7, 11) is -3.81. The Morgan fingerprint density at radius 3 is 2.53 bits per heavy atom. The number of fused-ring (bicyclic) bond motifs is 1. The molecule has 0 aromatic heterocycles. The summed E-state index contributed by atoms with van der Waals surface area (Å²) < 4.78 is 65.2. The molecule has 10 heteroatoms. The smallest absolute Gasteiger partial charge is 0.320 e. The standard InChI is InChI=1S/C22H32F3N3O3S/c1-14(2)9-19(26)21(29)28(32(3,30)31)20-8-7-16-12-27(13-18(16)20)11-15-5-4-6-17(10-15)22(23,24)25/h4-6,10,14,16,18-20H,7-9,11-13,26H2,1-3H3/t16-,18+,19+,20+/m1/s1. The largest absolute Gasteiger partial charge is 0.416 e. The quantitative estimate of drug-likeness (QED) is 0.655. The van der Waals surface area contributed by atoms with Crippen LogP contribution in [0.25, 0.3) is 0 Å². The number of carbonyl (C=O) groups excluding carboxylic acids is 1. The number of hydrogen-bond donors (Lipinski definition) is 1. The number of rotatable bonds is 7. The van der Waals surface area contributed by atoms with Crippen LogP contribution in [-0.4, -0.2) is 55.0 Å². The number of halogens is 3. The van der Waals surface area contributed by atoms with Crippen LogP contribution in [0.4, 0.5) is 13.2 Å². The number of carbonyl (C=O) groups is 1. The van der Waals surface area contributed by atoms with Crippen LogP contribution in [0.1, 0.15) is 44.2 Å². The summed E-state index contributed by atoms with van der Waals surface area (Å²) in [6.07, 6.45) is -1.61. The van der Waals surface area contributed by atoms with Gasteiger partial charge in [-0.3, -0.25) is 9.69 Å². The van der Waals surface area contributed by atoms with Crippen LogP contribution in [0.15, 0.2) is 24.3 Å². The van der Waals surface area contributed by atoms with Crippen LogP contribution in [-0.2, 0) is 27.5 Å². The summed E-state index contributed by atoms with van der Waals surface area (Å²) >= 11 is 0. The van der Waals surface area contributed by atoms with E-state index in [1.807, 2.05) is 13.8 Å². The topological polar surface area (TPSA) is 83.7 Å². The SMILES string of the molecule is CC(C)C[C@H](N)C(=O)N([C@H]1CC[C@@H]2CN(Cc3cccc(C(F)(F)F)c3)C[C@@H]21)S(C)(=O)=O. The second-order valence-electron chi connectivity index (χ2n) is 9.59. The van der Waals surface area contributed by atoms with Crippen molar-refractivity contribution >= 4 is 15.9 Å². The molecule has 1 saturated carbocycles. The van der Waals surface area contributed by atoms with E-state index in [2.05, 4.69) is 4.90 Å². The first-order valence-electron chi connectivity index (χ1n) is 10.9. The zero-order valence-electron chi connectivity index (χ0n) is 18.7. The lowest BCUT2D eigenvalue weighted by Crippen LogP contribution is -2.53. The van der Waals surface area contributed by atoms with E-state index in [9.17, 15) is 26.4 Å². The zero-order chi connectivity index (χ0) is 23.8. The van der Waals surface area contributed by atoms with E-state index in [1.165, 1.54) is 6.07 Å². The van der Waals surface area contributed by atoms with Crippen LogP contribution in [0, 0.1) is 17.8 Å². The second kappa shape index (κ2) is 9.30. The third-order valence-electron chi connectivity index (χ3n) is 6.47. The van der Waals surface area contributed by atoms with Crippen molar-refractivity contribution in [3.63, 3.8) is 0 Å². The fourth-order valence-electron chi connectivity index (χ4n) is 5.20. The fraction of sp³-hybridized carbons (Fsp3) is 0.682. The third kappa shape index (κ3) is 5.63. The maximum atomic E-state index is 13.0. The van der Waals surface area contributed by atoms with Crippen LogP contribution in [0.3, 0.4) is 0 Å². The molecule has 1 aromatic carbocycles. The first-order chi connectivity index (χ1) is 14.8. The molecule has 1 amide bonds. The molecule has 1 saturated heterocycles. The Labute approximate surface area is 188 Å². The van der Waals surface area contributed by atoms with Crippen molar-refractivity contribution in [2.45, 2.75) is 57.9 Å². The Hall–Kier alpha value is -1.65. The number of sulfonamides is 1. The molecule has 4 atom stereocenters. The summed E-state index contributed by atoms with van der Waals surface area (Å²) in [5.74, 6) is -0.265. The molecule has 32 heavy (non-hydrogen) atoms. The molecule has 0 radical (unpaired) electrons. The van der Waals surface area contributed by atoms with Gasteiger partial charge < -0.3 is 5.73 Å². The number of amides is 1. The molecule has 0 bridgehead atoms. The maximum absolute atomic E-state index is 13.0. The van der Waals surface area contributed by atoms with Gasteiger partial charge in [-0.25, -0.2) is 12.7 Å². The monoisotopic (exact) mass is 475 g/mol. The number of nitrogens with two attached hydrogens (primary N) is 1. The van der Waals surface area contributed by atoms with E-state index < -0.39 is 39.8 Å². The molecule has 180 valence electrons. The fourth-order valence-corrected chi connectivity index (χ4v) is 6.41. The first kappa shape index (κ1) is 25.0. The maximum Gasteiger partial charge on any atom is 0.416 e. The van der Waals surface area contributed by atoms with Gasteiger partial charge in [0.2, 0.25) is 10.0 Å². The van der Waals surface area contributed by atoms with E-state index in [0.717, 1.165) is 29.1 Å². The average molecular weight is 476 g/mol. The molecule has 1 aromatic rings. The lowest BCUT2D eigenvalue weighted by Gasteiger charge is -2.33. The highest BCUT2D eigenvalue weighted by Gasteiger charge is 2.49. The minimum atomic E-state index is -4.40. The van der Waals surface area contributed by atoms with Crippen LogP contribution < -0.4 is 5.73 Å². The molecule has 1 aliphatic heterocycles. The summed E-state index contributed by atoms with van der Waals surface area (Å²) in [6, 6.07) is 3.92.